The van der Waals surface area contributed by atoms with Crippen LogP contribution >= 0.6 is 0 Å². The van der Waals surface area contributed by atoms with Crippen LogP contribution in [0.3, 0.4) is 0 Å². The molecule has 2 aliphatic rings. The summed E-state index contributed by atoms with van der Waals surface area (Å²) in [5.74, 6) is -0.641. The highest BCUT2D eigenvalue weighted by molar-refractivity contribution is 5.83. The SMILES string of the molecule is N#CC1(NC(=O)CN2Cc3ccccc3C[C@H]2C(N)=O)CCCC1. The molecule has 0 spiro atoms. The number of primary amides is 1. The molecule has 6 heteroatoms. The van der Waals surface area contributed by atoms with Crippen LogP contribution in [0.4, 0.5) is 0 Å². The number of hydrogen-bond acceptors (Lipinski definition) is 4. The molecule has 1 saturated carbocycles. The van der Waals surface area contributed by atoms with Crippen LogP contribution in [0.25, 0.3) is 0 Å². The van der Waals surface area contributed by atoms with Crippen molar-refractivity contribution in [2.75, 3.05) is 6.54 Å². The van der Waals surface area contributed by atoms with Crippen molar-refractivity contribution in [3.05, 3.63) is 35.4 Å². The Kier molecular flexibility index (Phi) is 4.54. The number of carbonyl (C=O) groups excluding carboxylic acids is 2. The van der Waals surface area contributed by atoms with Crippen LogP contribution in [0.15, 0.2) is 24.3 Å². The van der Waals surface area contributed by atoms with Crippen molar-refractivity contribution in [2.24, 2.45) is 5.73 Å². The molecule has 1 heterocycles. The number of benzene rings is 1. The number of nitrogens with zero attached hydrogens (tertiary/aromatic N) is 2. The smallest absolute Gasteiger partial charge is 0.235 e. The van der Waals surface area contributed by atoms with Crippen LogP contribution in [0, 0.1) is 11.3 Å². The second-order valence-electron chi connectivity index (χ2n) is 6.75. The zero-order valence-corrected chi connectivity index (χ0v) is 13.6. The van der Waals surface area contributed by atoms with E-state index in [2.05, 4.69) is 11.4 Å². The molecule has 126 valence electrons. The summed E-state index contributed by atoms with van der Waals surface area (Å²) < 4.78 is 0. The maximum absolute atomic E-state index is 12.5. The number of hydrogen-bond donors (Lipinski definition) is 2. The first-order valence-corrected chi connectivity index (χ1v) is 8.35. The van der Waals surface area contributed by atoms with E-state index in [9.17, 15) is 14.9 Å². The van der Waals surface area contributed by atoms with E-state index in [1.807, 2.05) is 24.3 Å². The van der Waals surface area contributed by atoms with Gasteiger partial charge in [0.2, 0.25) is 11.8 Å². The highest BCUT2D eigenvalue weighted by Gasteiger charge is 2.37. The molecule has 2 amide bonds. The molecule has 1 aliphatic heterocycles. The maximum atomic E-state index is 12.5. The Labute approximate surface area is 141 Å². The van der Waals surface area contributed by atoms with Crippen LogP contribution < -0.4 is 11.1 Å². The quantitative estimate of drug-likeness (QED) is 0.857. The highest BCUT2D eigenvalue weighted by Crippen LogP contribution is 2.29. The lowest BCUT2D eigenvalue weighted by Crippen LogP contribution is -2.54. The van der Waals surface area contributed by atoms with E-state index in [0.717, 1.165) is 24.0 Å². The fraction of sp³-hybridized carbons (Fsp3) is 0.500. The summed E-state index contributed by atoms with van der Waals surface area (Å²) >= 11 is 0. The monoisotopic (exact) mass is 326 g/mol. The van der Waals surface area contributed by atoms with Gasteiger partial charge in [-0.3, -0.25) is 14.5 Å². The molecule has 3 N–H and O–H groups in total. The Morgan fingerprint density at radius 2 is 1.96 bits per heavy atom. The number of fused-ring (bicyclic) bond motifs is 1. The summed E-state index contributed by atoms with van der Waals surface area (Å²) in [4.78, 5) is 26.1. The number of nitrogens with one attached hydrogen (secondary N) is 1. The Morgan fingerprint density at radius 1 is 1.29 bits per heavy atom. The van der Waals surface area contributed by atoms with Gasteiger partial charge in [-0.15, -0.1) is 0 Å². The van der Waals surface area contributed by atoms with Gasteiger partial charge in [0, 0.05) is 6.54 Å². The van der Waals surface area contributed by atoms with Gasteiger partial charge in [0.25, 0.3) is 0 Å². The summed E-state index contributed by atoms with van der Waals surface area (Å²) in [6, 6.07) is 9.65. The number of carbonyl (C=O) groups is 2. The molecule has 1 aromatic carbocycles. The van der Waals surface area contributed by atoms with Gasteiger partial charge in [0.15, 0.2) is 0 Å². The molecule has 1 atom stereocenters. The predicted molar refractivity (Wildman–Crippen MR) is 88.5 cm³/mol. The molecule has 1 fully saturated rings. The minimum Gasteiger partial charge on any atom is -0.368 e. The van der Waals surface area contributed by atoms with Gasteiger partial charge in [-0.1, -0.05) is 24.3 Å². The van der Waals surface area contributed by atoms with Crippen molar-refractivity contribution in [1.82, 2.24) is 10.2 Å². The summed E-state index contributed by atoms with van der Waals surface area (Å²) in [7, 11) is 0. The molecule has 1 aromatic rings. The Balaban J connectivity index is 1.72. The predicted octanol–water partition coefficient (Wildman–Crippen LogP) is 0.851. The molecule has 0 radical (unpaired) electrons. The van der Waals surface area contributed by atoms with Gasteiger partial charge in [0.05, 0.1) is 18.7 Å². The third kappa shape index (κ3) is 3.26. The van der Waals surface area contributed by atoms with Gasteiger partial charge in [-0.05, 0) is 43.2 Å². The molecule has 3 rings (SSSR count). The minimum absolute atomic E-state index is 0.0748. The molecule has 0 saturated heterocycles. The third-order valence-electron chi connectivity index (χ3n) is 5.07. The molecular formula is C18H22N4O2. The van der Waals surface area contributed by atoms with Gasteiger partial charge < -0.3 is 11.1 Å². The summed E-state index contributed by atoms with van der Waals surface area (Å²) in [5.41, 5.74) is 7.01. The second kappa shape index (κ2) is 6.62. The third-order valence-corrected chi connectivity index (χ3v) is 5.07. The largest absolute Gasteiger partial charge is 0.368 e. The number of rotatable bonds is 4. The van der Waals surface area contributed by atoms with Crippen molar-refractivity contribution >= 4 is 11.8 Å². The van der Waals surface area contributed by atoms with E-state index < -0.39 is 17.5 Å². The summed E-state index contributed by atoms with van der Waals surface area (Å²) in [5, 5.41) is 12.3. The molecule has 6 nitrogen and oxygen atoms in total. The zero-order valence-electron chi connectivity index (χ0n) is 13.6. The van der Waals surface area contributed by atoms with E-state index in [-0.39, 0.29) is 12.5 Å². The topological polar surface area (TPSA) is 99.2 Å². The van der Waals surface area contributed by atoms with Gasteiger partial charge in [-0.25, -0.2) is 0 Å². The fourth-order valence-electron chi connectivity index (χ4n) is 3.76. The minimum atomic E-state index is -0.743. The van der Waals surface area contributed by atoms with Crippen LogP contribution in [-0.2, 0) is 22.6 Å². The second-order valence-corrected chi connectivity index (χ2v) is 6.75. The van der Waals surface area contributed by atoms with Crippen molar-refractivity contribution in [1.29, 1.82) is 5.26 Å². The van der Waals surface area contributed by atoms with E-state index in [1.54, 1.807) is 4.90 Å². The average molecular weight is 326 g/mol. The first-order chi connectivity index (χ1) is 11.5. The fourth-order valence-corrected chi connectivity index (χ4v) is 3.76. The number of nitriles is 1. The normalized spacial score (nSPS) is 22.4. The van der Waals surface area contributed by atoms with Gasteiger partial charge >= 0.3 is 0 Å². The maximum Gasteiger partial charge on any atom is 0.235 e. The van der Waals surface area contributed by atoms with Crippen LogP contribution in [0.5, 0.6) is 0 Å². The Hall–Kier alpha value is -2.39. The average Bonchev–Trinajstić information content (AvgIpc) is 3.03. The van der Waals surface area contributed by atoms with Crippen LogP contribution in [-0.4, -0.2) is 34.8 Å². The van der Waals surface area contributed by atoms with Gasteiger partial charge in [0.1, 0.15) is 5.54 Å². The molecule has 0 aromatic heterocycles. The Morgan fingerprint density at radius 3 is 2.58 bits per heavy atom. The first-order valence-electron chi connectivity index (χ1n) is 8.35. The van der Waals surface area contributed by atoms with Crippen LogP contribution in [0.2, 0.25) is 0 Å². The lowest BCUT2D eigenvalue weighted by molar-refractivity contribution is -0.128. The van der Waals surface area contributed by atoms with E-state index in [0.29, 0.717) is 25.8 Å². The molecule has 0 bridgehead atoms. The molecule has 1 aliphatic carbocycles. The van der Waals surface area contributed by atoms with E-state index in [1.165, 1.54) is 0 Å². The van der Waals surface area contributed by atoms with Crippen molar-refractivity contribution in [2.45, 2.75) is 50.2 Å². The lowest BCUT2D eigenvalue weighted by atomic mass is 9.93. The zero-order chi connectivity index (χ0) is 17.2. The Bertz CT molecular complexity index is 689. The standard InChI is InChI=1S/C18H22N4O2/c19-12-18(7-3-4-8-18)21-16(23)11-22-10-14-6-2-1-5-13(14)9-15(22)17(20)24/h1-2,5-6,15H,3-4,7-11H2,(H2,20,24)(H,21,23)/t15-/m0/s1. The molecule has 0 unspecified atom stereocenters. The summed E-state index contributed by atoms with van der Waals surface area (Å²) in [6.07, 6.45) is 3.81. The van der Waals surface area contributed by atoms with E-state index >= 15 is 0 Å². The molecular weight excluding hydrogens is 304 g/mol. The first kappa shape index (κ1) is 16.5. The highest BCUT2D eigenvalue weighted by atomic mass is 16.2. The van der Waals surface area contributed by atoms with Crippen LogP contribution in [0.1, 0.15) is 36.8 Å². The van der Waals surface area contributed by atoms with Gasteiger partial charge in [-0.2, -0.15) is 5.26 Å². The number of amides is 2. The van der Waals surface area contributed by atoms with Crippen molar-refractivity contribution in [3.8, 4) is 6.07 Å². The van der Waals surface area contributed by atoms with Crippen molar-refractivity contribution in [3.63, 3.8) is 0 Å². The molecule has 24 heavy (non-hydrogen) atoms. The lowest BCUT2D eigenvalue weighted by Gasteiger charge is -2.35. The van der Waals surface area contributed by atoms with Crippen molar-refractivity contribution < 1.29 is 9.59 Å². The number of nitrogens with two attached hydrogens (primary N) is 1. The van der Waals surface area contributed by atoms with E-state index in [4.69, 9.17) is 5.73 Å². The summed E-state index contributed by atoms with van der Waals surface area (Å²) in [6.45, 7) is 0.585.